The minimum atomic E-state index is -0.123. The first kappa shape index (κ1) is 18.5. The molecular weight excluding hydrogens is 392 g/mol. The number of amides is 1. The van der Waals surface area contributed by atoms with E-state index >= 15 is 0 Å². The zero-order valence-corrected chi connectivity index (χ0v) is 16.7. The molecule has 0 radical (unpaired) electrons. The second kappa shape index (κ2) is 8.00. The van der Waals surface area contributed by atoms with Gasteiger partial charge in [0.2, 0.25) is 0 Å². The molecule has 1 heterocycles. The maximum absolute atomic E-state index is 13.3. The Hall–Kier alpha value is -2.89. The predicted octanol–water partition coefficient (Wildman–Crippen LogP) is 5.81. The number of rotatable bonds is 5. The van der Waals surface area contributed by atoms with Crippen LogP contribution in [0, 0.1) is 0 Å². The fourth-order valence-corrected chi connectivity index (χ4v) is 4.16. The van der Waals surface area contributed by atoms with Crippen LogP contribution in [0.25, 0.3) is 10.2 Å². The van der Waals surface area contributed by atoms with Crippen LogP contribution in [0.15, 0.2) is 72.8 Å². The summed E-state index contributed by atoms with van der Waals surface area (Å²) in [7, 11) is 1.60. The molecule has 140 valence electrons. The molecule has 6 heteroatoms. The monoisotopic (exact) mass is 408 g/mol. The van der Waals surface area contributed by atoms with Gasteiger partial charge in [0.15, 0.2) is 5.13 Å². The lowest BCUT2D eigenvalue weighted by atomic mass is 10.1. The number of benzene rings is 3. The van der Waals surface area contributed by atoms with E-state index in [1.807, 2.05) is 42.5 Å². The SMILES string of the molecule is COc1ccc(C(=O)N(Cc2ccccc2)c2nc3c(Cl)cccc3s2)cc1. The van der Waals surface area contributed by atoms with Crippen molar-refractivity contribution >= 4 is 44.2 Å². The summed E-state index contributed by atoms with van der Waals surface area (Å²) >= 11 is 7.75. The van der Waals surface area contributed by atoms with Crippen LogP contribution in [-0.4, -0.2) is 18.0 Å². The number of anilines is 1. The lowest BCUT2D eigenvalue weighted by Crippen LogP contribution is -2.30. The van der Waals surface area contributed by atoms with Gasteiger partial charge >= 0.3 is 0 Å². The van der Waals surface area contributed by atoms with Crippen LogP contribution in [-0.2, 0) is 6.54 Å². The van der Waals surface area contributed by atoms with Crippen molar-refractivity contribution < 1.29 is 9.53 Å². The number of para-hydroxylation sites is 1. The van der Waals surface area contributed by atoms with Gasteiger partial charge in [0.25, 0.3) is 5.91 Å². The van der Waals surface area contributed by atoms with Crippen molar-refractivity contribution in [3.8, 4) is 5.75 Å². The van der Waals surface area contributed by atoms with Gasteiger partial charge in [-0.2, -0.15) is 0 Å². The van der Waals surface area contributed by atoms with Gasteiger partial charge in [0.05, 0.1) is 23.4 Å². The predicted molar refractivity (Wildman–Crippen MR) is 115 cm³/mol. The highest BCUT2D eigenvalue weighted by Gasteiger charge is 2.22. The van der Waals surface area contributed by atoms with Crippen molar-refractivity contribution in [3.63, 3.8) is 0 Å². The van der Waals surface area contributed by atoms with Gasteiger partial charge in [-0.25, -0.2) is 4.98 Å². The smallest absolute Gasteiger partial charge is 0.260 e. The van der Waals surface area contributed by atoms with Gasteiger partial charge in [0, 0.05) is 5.56 Å². The number of carbonyl (C=O) groups excluding carboxylic acids is 1. The lowest BCUT2D eigenvalue weighted by Gasteiger charge is -2.20. The van der Waals surface area contributed by atoms with Gasteiger partial charge in [0.1, 0.15) is 11.3 Å². The maximum atomic E-state index is 13.3. The second-order valence-electron chi connectivity index (χ2n) is 6.19. The minimum Gasteiger partial charge on any atom is -0.497 e. The van der Waals surface area contributed by atoms with Gasteiger partial charge in [-0.05, 0) is 42.0 Å². The summed E-state index contributed by atoms with van der Waals surface area (Å²) < 4.78 is 6.14. The van der Waals surface area contributed by atoms with Crippen molar-refractivity contribution in [2.75, 3.05) is 12.0 Å². The third kappa shape index (κ3) is 3.72. The van der Waals surface area contributed by atoms with Crippen molar-refractivity contribution in [3.05, 3.63) is 88.9 Å². The number of hydrogen-bond donors (Lipinski definition) is 0. The first-order chi connectivity index (χ1) is 13.7. The molecule has 0 fully saturated rings. The average molecular weight is 409 g/mol. The Morgan fingerprint density at radius 2 is 1.79 bits per heavy atom. The third-order valence-corrected chi connectivity index (χ3v) is 5.70. The molecule has 0 saturated heterocycles. The van der Waals surface area contributed by atoms with Crippen molar-refractivity contribution in [2.24, 2.45) is 0 Å². The first-order valence-electron chi connectivity index (χ1n) is 8.70. The number of carbonyl (C=O) groups is 1. The molecule has 0 atom stereocenters. The van der Waals surface area contributed by atoms with E-state index < -0.39 is 0 Å². The standard InChI is InChI=1S/C22H17ClN2O2S/c1-27-17-12-10-16(11-13-17)21(26)25(14-15-6-3-2-4-7-15)22-24-20-18(23)8-5-9-19(20)28-22/h2-13H,14H2,1H3. The van der Waals surface area contributed by atoms with E-state index in [4.69, 9.17) is 16.3 Å². The molecule has 0 saturated carbocycles. The Labute approximate surface area is 172 Å². The van der Waals surface area contributed by atoms with Crippen LogP contribution < -0.4 is 9.64 Å². The zero-order valence-electron chi connectivity index (χ0n) is 15.1. The molecule has 4 nitrogen and oxygen atoms in total. The molecule has 1 amide bonds. The highest BCUT2D eigenvalue weighted by atomic mass is 35.5. The van der Waals surface area contributed by atoms with Crippen LogP contribution in [0.5, 0.6) is 5.75 Å². The van der Waals surface area contributed by atoms with E-state index in [9.17, 15) is 4.79 Å². The molecular formula is C22H17ClN2O2S. The number of nitrogens with zero attached hydrogens (tertiary/aromatic N) is 2. The van der Waals surface area contributed by atoms with E-state index in [1.54, 1.807) is 42.3 Å². The van der Waals surface area contributed by atoms with E-state index in [2.05, 4.69) is 4.98 Å². The van der Waals surface area contributed by atoms with Gasteiger partial charge in [-0.1, -0.05) is 59.3 Å². The summed E-state index contributed by atoms with van der Waals surface area (Å²) in [4.78, 5) is 19.7. The second-order valence-corrected chi connectivity index (χ2v) is 7.60. The molecule has 0 aliphatic rings. The average Bonchev–Trinajstić information content (AvgIpc) is 3.18. The molecule has 1 aromatic heterocycles. The van der Waals surface area contributed by atoms with Crippen molar-refractivity contribution in [2.45, 2.75) is 6.54 Å². The Morgan fingerprint density at radius 1 is 1.04 bits per heavy atom. The third-order valence-electron chi connectivity index (χ3n) is 4.35. The fourth-order valence-electron chi connectivity index (χ4n) is 2.90. The normalized spacial score (nSPS) is 10.8. The van der Waals surface area contributed by atoms with E-state index in [1.165, 1.54) is 11.3 Å². The number of fused-ring (bicyclic) bond motifs is 1. The summed E-state index contributed by atoms with van der Waals surface area (Å²) in [5.41, 5.74) is 2.31. The molecule has 4 aromatic rings. The quantitative estimate of drug-likeness (QED) is 0.418. The number of thiazole rings is 1. The zero-order chi connectivity index (χ0) is 19.5. The van der Waals surface area contributed by atoms with Gasteiger partial charge < -0.3 is 4.74 Å². The van der Waals surface area contributed by atoms with Gasteiger partial charge in [-0.3, -0.25) is 9.69 Å². The highest BCUT2D eigenvalue weighted by Crippen LogP contribution is 2.34. The lowest BCUT2D eigenvalue weighted by molar-refractivity contribution is 0.0985. The van der Waals surface area contributed by atoms with Crippen LogP contribution in [0.4, 0.5) is 5.13 Å². The molecule has 4 rings (SSSR count). The number of hydrogen-bond acceptors (Lipinski definition) is 4. The van der Waals surface area contributed by atoms with Crippen LogP contribution in [0.2, 0.25) is 5.02 Å². The molecule has 0 bridgehead atoms. The number of halogens is 1. The highest BCUT2D eigenvalue weighted by molar-refractivity contribution is 7.22. The van der Waals surface area contributed by atoms with E-state index in [0.29, 0.717) is 33.5 Å². The molecule has 0 aliphatic carbocycles. The Morgan fingerprint density at radius 3 is 2.46 bits per heavy atom. The van der Waals surface area contributed by atoms with Gasteiger partial charge in [-0.15, -0.1) is 0 Å². The largest absolute Gasteiger partial charge is 0.497 e. The van der Waals surface area contributed by atoms with Crippen molar-refractivity contribution in [1.82, 2.24) is 4.98 Å². The summed E-state index contributed by atoms with van der Waals surface area (Å²) in [5, 5.41) is 1.20. The Kier molecular flexibility index (Phi) is 5.28. The molecule has 0 aliphatic heterocycles. The molecule has 3 aromatic carbocycles. The summed E-state index contributed by atoms with van der Waals surface area (Å²) in [6.45, 7) is 0.420. The van der Waals surface area contributed by atoms with E-state index in [0.717, 1.165) is 10.3 Å². The molecule has 0 spiro atoms. The van der Waals surface area contributed by atoms with E-state index in [-0.39, 0.29) is 5.91 Å². The minimum absolute atomic E-state index is 0.123. The Bertz CT molecular complexity index is 1110. The summed E-state index contributed by atoms with van der Waals surface area (Å²) in [6.07, 6.45) is 0. The molecule has 0 N–H and O–H groups in total. The fraction of sp³-hybridized carbons (Fsp3) is 0.0909. The molecule has 0 unspecified atom stereocenters. The number of ether oxygens (including phenoxy) is 1. The molecule has 28 heavy (non-hydrogen) atoms. The van der Waals surface area contributed by atoms with Crippen LogP contribution in [0.3, 0.4) is 0 Å². The Balaban J connectivity index is 1.75. The summed E-state index contributed by atoms with van der Waals surface area (Å²) in [5.74, 6) is 0.583. The number of methoxy groups -OCH3 is 1. The first-order valence-corrected chi connectivity index (χ1v) is 9.90. The number of aromatic nitrogens is 1. The van der Waals surface area contributed by atoms with Crippen LogP contribution >= 0.6 is 22.9 Å². The topological polar surface area (TPSA) is 42.4 Å². The maximum Gasteiger partial charge on any atom is 0.260 e. The summed E-state index contributed by atoms with van der Waals surface area (Å²) in [6, 6.07) is 22.6. The van der Waals surface area contributed by atoms with Crippen molar-refractivity contribution in [1.29, 1.82) is 0 Å². The van der Waals surface area contributed by atoms with Crippen LogP contribution in [0.1, 0.15) is 15.9 Å².